The highest BCUT2D eigenvalue weighted by Gasteiger charge is 2.36. The summed E-state index contributed by atoms with van der Waals surface area (Å²) in [5, 5.41) is 1.12. The van der Waals surface area contributed by atoms with Crippen LogP contribution in [-0.4, -0.2) is 31.9 Å². The first-order chi connectivity index (χ1) is 23.0. The van der Waals surface area contributed by atoms with Crippen LogP contribution in [0.3, 0.4) is 0 Å². The molecule has 47 heavy (non-hydrogen) atoms. The largest absolute Gasteiger partial charge is 0.467 e. The Labute approximate surface area is 284 Å². The predicted octanol–water partition coefficient (Wildman–Crippen LogP) is 10.2. The molecule has 0 aromatic heterocycles. The van der Waals surface area contributed by atoms with Gasteiger partial charge in [0.15, 0.2) is 6.79 Å². The van der Waals surface area contributed by atoms with Crippen molar-refractivity contribution in [3.8, 4) is 5.75 Å². The Morgan fingerprint density at radius 3 is 2.13 bits per heavy atom. The Morgan fingerprint density at radius 2 is 1.47 bits per heavy atom. The summed E-state index contributed by atoms with van der Waals surface area (Å²) in [5.41, 5.74) is 7.47. The molecule has 0 bridgehead atoms. The minimum atomic E-state index is -0.162. The van der Waals surface area contributed by atoms with Crippen LogP contribution in [0.4, 0.5) is 4.39 Å². The summed E-state index contributed by atoms with van der Waals surface area (Å²) >= 11 is 0. The van der Waals surface area contributed by atoms with Crippen molar-refractivity contribution >= 4 is 13.9 Å². The van der Waals surface area contributed by atoms with Crippen molar-refractivity contribution in [2.24, 2.45) is 0 Å². The first-order valence-corrected chi connectivity index (χ1v) is 18.7. The van der Waals surface area contributed by atoms with E-state index in [-0.39, 0.29) is 17.8 Å². The van der Waals surface area contributed by atoms with Gasteiger partial charge in [-0.3, -0.25) is 4.90 Å². The van der Waals surface area contributed by atoms with Crippen molar-refractivity contribution < 1.29 is 13.9 Å². The lowest BCUT2D eigenvalue weighted by molar-refractivity contribution is 0.0492. The quantitative estimate of drug-likeness (QED) is 0.0643. The number of piperidine rings is 1. The van der Waals surface area contributed by atoms with Gasteiger partial charge < -0.3 is 9.47 Å². The molecule has 250 valence electrons. The van der Waals surface area contributed by atoms with Gasteiger partial charge in [0.05, 0.1) is 0 Å². The monoisotopic (exact) mass is 653 g/mol. The first-order valence-electron chi connectivity index (χ1n) is 17.7. The van der Waals surface area contributed by atoms with Crippen LogP contribution in [0.2, 0.25) is 0 Å². The van der Waals surface area contributed by atoms with Crippen molar-refractivity contribution in [3.63, 3.8) is 0 Å². The van der Waals surface area contributed by atoms with Gasteiger partial charge in [0.25, 0.3) is 0 Å². The molecule has 1 fully saturated rings. The molecule has 0 N–H and O–H groups in total. The first kappa shape index (κ1) is 35.3. The van der Waals surface area contributed by atoms with Gasteiger partial charge in [-0.2, -0.15) is 0 Å². The van der Waals surface area contributed by atoms with E-state index in [2.05, 4.69) is 97.6 Å². The molecule has 1 aliphatic rings. The lowest BCUT2D eigenvalue weighted by Crippen LogP contribution is -2.32. The summed E-state index contributed by atoms with van der Waals surface area (Å²) in [4.78, 5) is 2.52. The highest BCUT2D eigenvalue weighted by Crippen LogP contribution is 2.53. The summed E-state index contributed by atoms with van der Waals surface area (Å²) in [6.07, 6.45) is 10.9. The summed E-state index contributed by atoms with van der Waals surface area (Å²) in [7, 11) is 2.18. The van der Waals surface area contributed by atoms with Crippen LogP contribution in [-0.2, 0) is 29.3 Å². The average molecular weight is 654 g/mol. The van der Waals surface area contributed by atoms with E-state index in [0.29, 0.717) is 8.58 Å². The van der Waals surface area contributed by atoms with Crippen LogP contribution in [0.1, 0.15) is 98.6 Å². The molecule has 0 radical (unpaired) electrons. The SMILES string of the molecule is CCCCCC(CC)(Pc1ccc(F)cc1CN1CCCCC1)c1cc(Cc2ccccc2)cc(Cc2ccccc2)c1OCOC. The molecule has 5 rings (SSSR count). The van der Waals surface area contributed by atoms with Crippen molar-refractivity contribution in [3.05, 3.63) is 130 Å². The number of hydrogen-bond donors (Lipinski definition) is 0. The molecular formula is C42H53FNO2P. The van der Waals surface area contributed by atoms with Gasteiger partial charge in [0.2, 0.25) is 0 Å². The Kier molecular flexibility index (Phi) is 13.5. The topological polar surface area (TPSA) is 21.7 Å². The lowest BCUT2D eigenvalue weighted by atomic mass is 9.84. The summed E-state index contributed by atoms with van der Waals surface area (Å²) in [6, 6.07) is 31.8. The molecule has 4 aromatic carbocycles. The maximum absolute atomic E-state index is 14.9. The zero-order valence-electron chi connectivity index (χ0n) is 28.7. The second-order valence-electron chi connectivity index (χ2n) is 13.2. The number of rotatable bonds is 17. The standard InChI is InChI=1S/C42H53FNO2P/c1-4-6-14-23-42(5-2,47-40-22-21-38(43)30-37(40)31-44-24-15-9-16-25-44)39-29-35(26-33-17-10-7-11-18-33)28-36(41(39)46-32-45-3)27-34-19-12-8-13-20-34/h7-8,10-13,17-22,28-30,47H,4-6,9,14-16,23-27,31-32H2,1-3H3. The molecule has 1 heterocycles. The number of benzene rings is 4. The predicted molar refractivity (Wildman–Crippen MR) is 197 cm³/mol. The molecule has 3 nitrogen and oxygen atoms in total. The van der Waals surface area contributed by atoms with Gasteiger partial charge >= 0.3 is 0 Å². The molecule has 0 aliphatic carbocycles. The second-order valence-corrected chi connectivity index (χ2v) is 14.9. The highest BCUT2D eigenvalue weighted by molar-refractivity contribution is 7.48. The van der Waals surface area contributed by atoms with Crippen molar-refractivity contribution in [1.82, 2.24) is 4.90 Å². The number of likely N-dealkylation sites (tertiary alicyclic amines) is 1. The number of halogens is 1. The third kappa shape index (κ3) is 9.75. The Morgan fingerprint density at radius 1 is 0.766 bits per heavy atom. The van der Waals surface area contributed by atoms with Crippen molar-refractivity contribution in [2.75, 3.05) is 27.0 Å². The van der Waals surface area contributed by atoms with Crippen LogP contribution in [0.25, 0.3) is 0 Å². The van der Waals surface area contributed by atoms with Crippen LogP contribution < -0.4 is 10.0 Å². The van der Waals surface area contributed by atoms with Crippen LogP contribution >= 0.6 is 8.58 Å². The maximum atomic E-state index is 14.9. The summed E-state index contributed by atoms with van der Waals surface area (Å²) in [6.45, 7) is 7.81. The Hall–Kier alpha value is -3.04. The van der Waals surface area contributed by atoms with Crippen molar-refractivity contribution in [1.29, 1.82) is 0 Å². The molecule has 0 saturated carbocycles. The lowest BCUT2D eigenvalue weighted by Gasteiger charge is -2.37. The van der Waals surface area contributed by atoms with Gasteiger partial charge in [0.1, 0.15) is 11.6 Å². The van der Waals surface area contributed by atoms with Crippen LogP contribution in [0, 0.1) is 5.82 Å². The van der Waals surface area contributed by atoms with E-state index in [1.54, 1.807) is 19.2 Å². The van der Waals surface area contributed by atoms with Gasteiger partial charge in [-0.1, -0.05) is 127 Å². The zero-order valence-corrected chi connectivity index (χ0v) is 29.7. The van der Waals surface area contributed by atoms with E-state index in [1.165, 1.54) is 65.2 Å². The highest BCUT2D eigenvalue weighted by atomic mass is 31.1. The van der Waals surface area contributed by atoms with Gasteiger partial charge in [-0.15, -0.1) is 0 Å². The summed E-state index contributed by atoms with van der Waals surface area (Å²) < 4.78 is 27.0. The minimum absolute atomic E-state index is 0.141. The van der Waals surface area contributed by atoms with E-state index in [9.17, 15) is 4.39 Å². The number of ether oxygens (including phenoxy) is 2. The molecule has 2 unspecified atom stereocenters. The van der Waals surface area contributed by atoms with Crippen LogP contribution in [0.5, 0.6) is 5.75 Å². The van der Waals surface area contributed by atoms with E-state index >= 15 is 0 Å². The minimum Gasteiger partial charge on any atom is -0.467 e. The van der Waals surface area contributed by atoms with Gasteiger partial charge in [0, 0.05) is 30.8 Å². The fourth-order valence-electron chi connectivity index (χ4n) is 7.11. The van der Waals surface area contributed by atoms with E-state index in [0.717, 1.165) is 63.1 Å². The van der Waals surface area contributed by atoms with E-state index in [4.69, 9.17) is 9.47 Å². The van der Waals surface area contributed by atoms with Gasteiger partial charge in [-0.25, -0.2) is 4.39 Å². The molecule has 1 saturated heterocycles. The third-order valence-electron chi connectivity index (χ3n) is 9.65. The number of nitrogens with zero attached hydrogens (tertiary/aromatic N) is 1. The number of unbranched alkanes of at least 4 members (excludes halogenated alkanes) is 2. The molecule has 2 atom stereocenters. The fourth-order valence-corrected chi connectivity index (χ4v) is 8.90. The van der Waals surface area contributed by atoms with Gasteiger partial charge in [-0.05, 0) is 90.4 Å². The van der Waals surface area contributed by atoms with E-state index in [1.807, 2.05) is 0 Å². The molecule has 0 amide bonds. The molecule has 5 heteroatoms. The number of methoxy groups -OCH3 is 1. The Balaban J connectivity index is 1.66. The van der Waals surface area contributed by atoms with Crippen LogP contribution in [0.15, 0.2) is 91.0 Å². The molecule has 0 spiro atoms. The molecule has 1 aliphatic heterocycles. The smallest absolute Gasteiger partial charge is 0.188 e. The Bertz CT molecular complexity index is 1520. The normalized spacial score (nSPS) is 15.2. The zero-order chi connectivity index (χ0) is 32.9. The average Bonchev–Trinajstić information content (AvgIpc) is 3.10. The maximum Gasteiger partial charge on any atom is 0.188 e. The third-order valence-corrected chi connectivity index (χ3v) is 11.8. The van der Waals surface area contributed by atoms with E-state index < -0.39 is 0 Å². The second kappa shape index (κ2) is 17.9. The van der Waals surface area contributed by atoms with Crippen molar-refractivity contribution in [2.45, 2.75) is 89.8 Å². The fraction of sp³-hybridized carbons (Fsp3) is 0.429. The summed E-state index contributed by atoms with van der Waals surface area (Å²) in [5.74, 6) is 0.816. The molecular weight excluding hydrogens is 600 g/mol. The number of hydrogen-bond acceptors (Lipinski definition) is 3. The molecule has 4 aromatic rings.